The quantitative estimate of drug-likeness (QED) is 0.341. The Hall–Kier alpha value is -1.42. The van der Waals surface area contributed by atoms with E-state index in [1.807, 2.05) is 0 Å². The molecule has 6 fully saturated rings. The predicted octanol–water partition coefficient (Wildman–Crippen LogP) is 0.596. The summed E-state index contributed by atoms with van der Waals surface area (Å²) in [7, 11) is 0. The predicted molar refractivity (Wildman–Crippen MR) is 122 cm³/mol. The number of ether oxygens (including phenoxy) is 2. The van der Waals surface area contributed by atoms with E-state index in [-0.39, 0.29) is 12.1 Å². The molecule has 0 aromatic heterocycles. The van der Waals surface area contributed by atoms with Crippen LogP contribution in [0.15, 0.2) is 0 Å². The van der Waals surface area contributed by atoms with Gasteiger partial charge in [-0.3, -0.25) is 24.4 Å². The minimum absolute atomic E-state index is 0.0635. The second-order valence-corrected chi connectivity index (χ2v) is 9.71. The van der Waals surface area contributed by atoms with Crippen molar-refractivity contribution >= 4 is 12.1 Å². The maximum atomic E-state index is 12.0. The molecular formula is C23H41N5O4. The molecule has 0 aromatic carbocycles. The maximum absolute atomic E-state index is 12.0. The van der Waals surface area contributed by atoms with Crippen LogP contribution in [0.2, 0.25) is 0 Å². The molecule has 182 valence electrons. The number of nitrogens with one attached hydrogen (secondary N) is 1. The van der Waals surface area contributed by atoms with E-state index in [9.17, 15) is 9.59 Å². The van der Waals surface area contributed by atoms with Crippen LogP contribution >= 0.6 is 0 Å². The average Bonchev–Trinajstić information content (AvgIpc) is 2.84. The molecule has 0 spiro atoms. The Morgan fingerprint density at radius 1 is 0.688 bits per heavy atom. The molecule has 6 heterocycles. The molecule has 0 radical (unpaired) electrons. The van der Waals surface area contributed by atoms with Crippen LogP contribution in [0.25, 0.3) is 0 Å². The van der Waals surface area contributed by atoms with E-state index in [0.29, 0.717) is 38.3 Å². The molecule has 32 heavy (non-hydrogen) atoms. The summed E-state index contributed by atoms with van der Waals surface area (Å²) < 4.78 is 10.9. The Labute approximate surface area is 192 Å². The molecule has 9 nitrogen and oxygen atoms in total. The monoisotopic (exact) mass is 451 g/mol. The first-order valence-corrected chi connectivity index (χ1v) is 12.7. The van der Waals surface area contributed by atoms with Crippen LogP contribution < -0.4 is 5.32 Å². The summed E-state index contributed by atoms with van der Waals surface area (Å²) >= 11 is 0. The summed E-state index contributed by atoms with van der Waals surface area (Å²) in [4.78, 5) is 33.7. The molecule has 0 saturated carbocycles. The molecule has 9 heteroatoms. The number of fused-ring (bicyclic) bond motifs is 6. The van der Waals surface area contributed by atoms with E-state index in [0.717, 1.165) is 97.6 Å². The topological polar surface area (TPSA) is 77.6 Å². The lowest BCUT2D eigenvalue weighted by Gasteiger charge is -2.47. The largest absolute Gasteiger partial charge is 0.464 e. The van der Waals surface area contributed by atoms with Gasteiger partial charge in [0.25, 0.3) is 0 Å². The summed E-state index contributed by atoms with van der Waals surface area (Å²) in [6.07, 6.45) is 5.17. The fourth-order valence-corrected chi connectivity index (χ4v) is 5.36. The van der Waals surface area contributed by atoms with Crippen molar-refractivity contribution in [2.75, 3.05) is 85.2 Å². The van der Waals surface area contributed by atoms with E-state index < -0.39 is 0 Å². The molecule has 2 unspecified atom stereocenters. The molecule has 2 atom stereocenters. The molecule has 6 saturated heterocycles. The van der Waals surface area contributed by atoms with Gasteiger partial charge in [0.05, 0.1) is 12.1 Å². The standard InChI is InChI=1S/C23H41N5O4/c29-22(31-18-20-16-25-8-12-27(20)13-9-25)6-4-2-1-3-5-7-24-23(30)32-19-21-17-26-10-14-28(21)15-11-26/h20-21H,1-19H2,(H,24,30). The van der Waals surface area contributed by atoms with E-state index in [2.05, 4.69) is 24.9 Å². The van der Waals surface area contributed by atoms with Crippen molar-refractivity contribution in [2.45, 2.75) is 50.6 Å². The summed E-state index contributed by atoms with van der Waals surface area (Å²) in [5, 5.41) is 2.86. The highest BCUT2D eigenvalue weighted by Gasteiger charge is 2.33. The van der Waals surface area contributed by atoms with Crippen molar-refractivity contribution in [3.8, 4) is 0 Å². The van der Waals surface area contributed by atoms with Crippen molar-refractivity contribution < 1.29 is 19.1 Å². The van der Waals surface area contributed by atoms with Crippen molar-refractivity contribution in [2.24, 2.45) is 0 Å². The average molecular weight is 452 g/mol. The van der Waals surface area contributed by atoms with Gasteiger partial charge in [-0.15, -0.1) is 0 Å². The second-order valence-electron chi connectivity index (χ2n) is 9.71. The molecule has 0 aliphatic carbocycles. The van der Waals surface area contributed by atoms with Crippen LogP contribution in [0, 0.1) is 0 Å². The number of carbonyl (C=O) groups excluding carboxylic acids is 2. The minimum Gasteiger partial charge on any atom is -0.464 e. The Kier molecular flexibility index (Phi) is 9.01. The summed E-state index contributed by atoms with van der Waals surface area (Å²) in [5.74, 6) is -0.0635. The van der Waals surface area contributed by atoms with Gasteiger partial charge in [-0.25, -0.2) is 4.79 Å². The van der Waals surface area contributed by atoms with Crippen molar-refractivity contribution in [1.82, 2.24) is 24.9 Å². The molecule has 6 aliphatic rings. The molecule has 6 rings (SSSR count). The summed E-state index contributed by atoms with van der Waals surface area (Å²) in [6, 6.07) is 0.733. The Bertz CT molecular complexity index is 553. The van der Waals surface area contributed by atoms with Gasteiger partial charge < -0.3 is 14.8 Å². The summed E-state index contributed by atoms with van der Waals surface area (Å²) in [5.41, 5.74) is 0. The van der Waals surface area contributed by atoms with E-state index >= 15 is 0 Å². The van der Waals surface area contributed by atoms with Gasteiger partial charge in [-0.2, -0.15) is 0 Å². The van der Waals surface area contributed by atoms with Gasteiger partial charge in [0.1, 0.15) is 13.2 Å². The smallest absolute Gasteiger partial charge is 0.407 e. The van der Waals surface area contributed by atoms with E-state index in [1.54, 1.807) is 0 Å². The molecule has 1 amide bonds. The highest BCUT2D eigenvalue weighted by Crippen LogP contribution is 2.17. The van der Waals surface area contributed by atoms with Crippen LogP contribution in [0.3, 0.4) is 0 Å². The third-order valence-corrected chi connectivity index (χ3v) is 7.45. The highest BCUT2D eigenvalue weighted by atomic mass is 16.5. The van der Waals surface area contributed by atoms with Gasteiger partial charge in [-0.05, 0) is 12.8 Å². The maximum Gasteiger partial charge on any atom is 0.407 e. The molecule has 4 bridgehead atoms. The molecular weight excluding hydrogens is 410 g/mol. The van der Waals surface area contributed by atoms with Crippen molar-refractivity contribution in [3.63, 3.8) is 0 Å². The number of rotatable bonds is 12. The highest BCUT2D eigenvalue weighted by molar-refractivity contribution is 5.69. The first-order chi connectivity index (χ1) is 15.7. The number of nitrogens with zero attached hydrogens (tertiary/aromatic N) is 4. The SMILES string of the molecule is O=C(CCCCCCCNC(=O)OCC1CN2CCN1CC2)OCC1CN2CCN1CC2. The zero-order valence-electron chi connectivity index (χ0n) is 19.5. The van der Waals surface area contributed by atoms with Crippen LogP contribution in [-0.4, -0.2) is 129 Å². The Morgan fingerprint density at radius 2 is 1.22 bits per heavy atom. The van der Waals surface area contributed by atoms with Crippen LogP contribution in [-0.2, 0) is 14.3 Å². The van der Waals surface area contributed by atoms with Crippen LogP contribution in [0.5, 0.6) is 0 Å². The van der Waals surface area contributed by atoms with Crippen LogP contribution in [0.1, 0.15) is 38.5 Å². The first kappa shape index (κ1) is 23.7. The van der Waals surface area contributed by atoms with Crippen molar-refractivity contribution in [1.29, 1.82) is 0 Å². The van der Waals surface area contributed by atoms with Gasteiger partial charge in [0, 0.05) is 78.4 Å². The number of esters is 1. The third kappa shape index (κ3) is 7.04. The lowest BCUT2D eigenvalue weighted by Crippen LogP contribution is -2.62. The van der Waals surface area contributed by atoms with Crippen LogP contribution in [0.4, 0.5) is 4.79 Å². The number of piperazine rings is 6. The molecule has 1 N–H and O–H groups in total. The number of amides is 1. The Balaban J connectivity index is 0.934. The minimum atomic E-state index is -0.301. The zero-order valence-corrected chi connectivity index (χ0v) is 19.5. The number of alkyl carbamates (subject to hydrolysis) is 1. The lowest BCUT2D eigenvalue weighted by atomic mass is 10.1. The fraction of sp³-hybridized carbons (Fsp3) is 0.913. The molecule has 0 aromatic rings. The van der Waals surface area contributed by atoms with E-state index in [4.69, 9.17) is 9.47 Å². The van der Waals surface area contributed by atoms with Gasteiger partial charge >= 0.3 is 12.1 Å². The normalized spacial score (nSPS) is 33.1. The van der Waals surface area contributed by atoms with E-state index in [1.165, 1.54) is 0 Å². The number of unbranched alkanes of at least 4 members (excludes halogenated alkanes) is 4. The number of hydrogen-bond acceptors (Lipinski definition) is 8. The number of carbonyl (C=O) groups is 2. The summed E-state index contributed by atoms with van der Waals surface area (Å²) in [6.45, 7) is 12.7. The van der Waals surface area contributed by atoms with Crippen molar-refractivity contribution in [3.05, 3.63) is 0 Å². The van der Waals surface area contributed by atoms with Gasteiger partial charge in [0.2, 0.25) is 0 Å². The third-order valence-electron chi connectivity index (χ3n) is 7.45. The fourth-order valence-electron chi connectivity index (χ4n) is 5.36. The zero-order chi connectivity index (χ0) is 22.2. The van der Waals surface area contributed by atoms with Gasteiger partial charge in [-0.1, -0.05) is 19.3 Å². The molecule has 6 aliphatic heterocycles. The lowest BCUT2D eigenvalue weighted by molar-refractivity contribution is -0.147. The first-order valence-electron chi connectivity index (χ1n) is 12.7. The Morgan fingerprint density at radius 3 is 1.78 bits per heavy atom. The van der Waals surface area contributed by atoms with Gasteiger partial charge in [0.15, 0.2) is 0 Å². The number of hydrogen-bond donors (Lipinski definition) is 1. The second kappa shape index (κ2) is 12.2.